The molecule has 7 heteroatoms. The number of amides is 1. The molecule has 1 aromatic rings. The van der Waals surface area contributed by atoms with Gasteiger partial charge in [0.05, 0.1) is 12.7 Å². The standard InChI is InChI=1S/C17H27N3O2.2ClH/c1-4-20(3)12-15-7-5-6-14(10-15)11-19-17(21)16-13(2)22-9-8-18-16;;/h5-7,10,13,16,18H,4,8-9,11-12H2,1-3H3,(H,19,21);2*1H/t13-,16+;;/m1../s1. The van der Waals surface area contributed by atoms with E-state index in [2.05, 4.69) is 41.6 Å². The summed E-state index contributed by atoms with van der Waals surface area (Å²) in [6.07, 6.45) is -0.0849. The highest BCUT2D eigenvalue weighted by Crippen LogP contribution is 2.09. The minimum Gasteiger partial charge on any atom is -0.375 e. The van der Waals surface area contributed by atoms with Crippen molar-refractivity contribution in [2.75, 3.05) is 26.7 Å². The van der Waals surface area contributed by atoms with Crippen molar-refractivity contribution in [3.63, 3.8) is 0 Å². The zero-order valence-electron chi connectivity index (χ0n) is 14.6. The van der Waals surface area contributed by atoms with Crippen molar-refractivity contribution in [3.05, 3.63) is 35.4 Å². The quantitative estimate of drug-likeness (QED) is 0.795. The first kappa shape index (κ1) is 23.1. The van der Waals surface area contributed by atoms with Gasteiger partial charge in [0, 0.05) is 19.6 Å². The Morgan fingerprint density at radius 3 is 2.75 bits per heavy atom. The second-order valence-electron chi connectivity index (χ2n) is 5.88. The van der Waals surface area contributed by atoms with Crippen molar-refractivity contribution < 1.29 is 9.53 Å². The maximum absolute atomic E-state index is 12.2. The maximum atomic E-state index is 12.2. The Kier molecular flexibility index (Phi) is 11.2. The van der Waals surface area contributed by atoms with Crippen LogP contribution in [0.25, 0.3) is 0 Å². The molecule has 1 saturated heterocycles. The first-order valence-corrected chi connectivity index (χ1v) is 7.99. The SMILES string of the molecule is CCN(C)Cc1cccc(CNC(=O)[C@H]2NCCO[C@@H]2C)c1.Cl.Cl. The van der Waals surface area contributed by atoms with Gasteiger partial charge in [0.15, 0.2) is 0 Å². The minimum atomic E-state index is -0.261. The van der Waals surface area contributed by atoms with Crippen molar-refractivity contribution in [3.8, 4) is 0 Å². The molecule has 0 saturated carbocycles. The Bertz CT molecular complexity index is 502. The Hall–Kier alpha value is -0.850. The molecule has 1 heterocycles. The number of ether oxygens (including phenoxy) is 1. The summed E-state index contributed by atoms with van der Waals surface area (Å²) in [7, 11) is 2.10. The zero-order valence-corrected chi connectivity index (χ0v) is 16.2. The van der Waals surface area contributed by atoms with Gasteiger partial charge >= 0.3 is 0 Å². The Labute approximate surface area is 157 Å². The van der Waals surface area contributed by atoms with E-state index in [1.54, 1.807) is 0 Å². The highest BCUT2D eigenvalue weighted by Gasteiger charge is 2.27. The molecule has 0 aliphatic carbocycles. The molecule has 2 atom stereocenters. The normalized spacial score (nSPS) is 20.0. The fourth-order valence-corrected chi connectivity index (χ4v) is 2.59. The predicted octanol–water partition coefficient (Wildman–Crippen LogP) is 1.98. The molecule has 1 aromatic carbocycles. The lowest BCUT2D eigenvalue weighted by Gasteiger charge is -2.29. The number of carbonyl (C=O) groups excluding carboxylic acids is 1. The molecule has 2 N–H and O–H groups in total. The molecule has 5 nitrogen and oxygen atoms in total. The number of rotatable bonds is 6. The summed E-state index contributed by atoms with van der Waals surface area (Å²) in [5.74, 6) is 0.00304. The van der Waals surface area contributed by atoms with Gasteiger partial charge in [-0.05, 0) is 31.6 Å². The third kappa shape index (κ3) is 6.95. The van der Waals surface area contributed by atoms with Crippen LogP contribution in [-0.2, 0) is 22.6 Å². The molecule has 1 amide bonds. The predicted molar refractivity (Wildman–Crippen MR) is 102 cm³/mol. The summed E-state index contributed by atoms with van der Waals surface area (Å²) >= 11 is 0. The van der Waals surface area contributed by atoms with Crippen LogP contribution in [0.15, 0.2) is 24.3 Å². The highest BCUT2D eigenvalue weighted by molar-refractivity contribution is 5.85. The fourth-order valence-electron chi connectivity index (χ4n) is 2.59. The fraction of sp³-hybridized carbons (Fsp3) is 0.588. The number of nitrogens with one attached hydrogen (secondary N) is 2. The van der Waals surface area contributed by atoms with E-state index in [0.717, 1.165) is 25.2 Å². The molecule has 0 spiro atoms. The van der Waals surface area contributed by atoms with Crippen LogP contribution in [0.1, 0.15) is 25.0 Å². The van der Waals surface area contributed by atoms with Gasteiger partial charge in [-0.3, -0.25) is 4.79 Å². The van der Waals surface area contributed by atoms with Crippen LogP contribution in [0.4, 0.5) is 0 Å². The van der Waals surface area contributed by atoms with E-state index in [-0.39, 0.29) is 42.9 Å². The minimum absolute atomic E-state index is 0. The first-order chi connectivity index (χ1) is 10.6. The molecule has 0 aromatic heterocycles. The van der Waals surface area contributed by atoms with E-state index >= 15 is 0 Å². The van der Waals surface area contributed by atoms with Gasteiger partial charge in [-0.15, -0.1) is 24.8 Å². The van der Waals surface area contributed by atoms with Gasteiger partial charge in [0.1, 0.15) is 6.04 Å². The Morgan fingerprint density at radius 1 is 1.38 bits per heavy atom. The van der Waals surface area contributed by atoms with Gasteiger partial charge in [-0.25, -0.2) is 0 Å². The topological polar surface area (TPSA) is 53.6 Å². The number of nitrogens with zero attached hydrogens (tertiary/aromatic N) is 1. The average Bonchev–Trinajstić information content (AvgIpc) is 2.53. The van der Waals surface area contributed by atoms with Gasteiger partial charge in [-0.2, -0.15) is 0 Å². The molecule has 24 heavy (non-hydrogen) atoms. The smallest absolute Gasteiger partial charge is 0.240 e. The molecular weight excluding hydrogens is 349 g/mol. The average molecular weight is 378 g/mol. The van der Waals surface area contributed by atoms with E-state index in [9.17, 15) is 4.79 Å². The molecule has 0 unspecified atom stereocenters. The lowest BCUT2D eigenvalue weighted by atomic mass is 10.1. The maximum Gasteiger partial charge on any atom is 0.240 e. The summed E-state index contributed by atoms with van der Waals surface area (Å²) in [5, 5.41) is 6.20. The van der Waals surface area contributed by atoms with Crippen molar-refractivity contribution in [2.24, 2.45) is 0 Å². The van der Waals surface area contributed by atoms with Gasteiger partial charge in [0.2, 0.25) is 5.91 Å². The first-order valence-electron chi connectivity index (χ1n) is 7.99. The number of hydrogen-bond donors (Lipinski definition) is 2. The number of halogens is 2. The zero-order chi connectivity index (χ0) is 15.9. The van der Waals surface area contributed by atoms with Crippen molar-refractivity contribution in [1.82, 2.24) is 15.5 Å². The van der Waals surface area contributed by atoms with E-state index in [0.29, 0.717) is 13.2 Å². The summed E-state index contributed by atoms with van der Waals surface area (Å²) in [6, 6.07) is 8.11. The summed E-state index contributed by atoms with van der Waals surface area (Å²) in [5.41, 5.74) is 2.39. The van der Waals surface area contributed by atoms with Crippen LogP contribution >= 0.6 is 24.8 Å². The van der Waals surface area contributed by atoms with E-state index in [1.807, 2.05) is 19.1 Å². The highest BCUT2D eigenvalue weighted by atomic mass is 35.5. The Morgan fingerprint density at radius 2 is 2.08 bits per heavy atom. The van der Waals surface area contributed by atoms with E-state index in [4.69, 9.17) is 4.74 Å². The molecule has 1 aliphatic heterocycles. The lowest BCUT2D eigenvalue weighted by Crippen LogP contribution is -2.55. The molecule has 0 radical (unpaired) electrons. The van der Waals surface area contributed by atoms with E-state index in [1.165, 1.54) is 5.56 Å². The third-order valence-electron chi connectivity index (χ3n) is 4.05. The van der Waals surface area contributed by atoms with Crippen LogP contribution in [0.5, 0.6) is 0 Å². The number of morpholine rings is 1. The molecule has 138 valence electrons. The summed E-state index contributed by atoms with van der Waals surface area (Å²) in [4.78, 5) is 14.5. The third-order valence-corrected chi connectivity index (χ3v) is 4.05. The molecule has 0 bridgehead atoms. The molecular formula is C17H29Cl2N3O2. The van der Waals surface area contributed by atoms with Crippen LogP contribution in [0.3, 0.4) is 0 Å². The van der Waals surface area contributed by atoms with E-state index < -0.39 is 0 Å². The van der Waals surface area contributed by atoms with Crippen molar-refractivity contribution in [1.29, 1.82) is 0 Å². The van der Waals surface area contributed by atoms with Gasteiger partial charge < -0.3 is 20.3 Å². The largest absolute Gasteiger partial charge is 0.375 e. The molecule has 1 aliphatic rings. The van der Waals surface area contributed by atoms with Crippen LogP contribution in [0.2, 0.25) is 0 Å². The monoisotopic (exact) mass is 377 g/mol. The van der Waals surface area contributed by atoms with Crippen LogP contribution in [-0.4, -0.2) is 49.7 Å². The van der Waals surface area contributed by atoms with Gasteiger partial charge in [-0.1, -0.05) is 31.2 Å². The van der Waals surface area contributed by atoms with Crippen LogP contribution in [0, 0.1) is 0 Å². The summed E-state index contributed by atoms with van der Waals surface area (Å²) < 4.78 is 5.51. The number of carbonyl (C=O) groups is 1. The molecule has 1 fully saturated rings. The second kappa shape index (κ2) is 11.7. The number of benzene rings is 1. The second-order valence-corrected chi connectivity index (χ2v) is 5.88. The lowest BCUT2D eigenvalue weighted by molar-refractivity contribution is -0.129. The van der Waals surface area contributed by atoms with Crippen LogP contribution < -0.4 is 10.6 Å². The number of hydrogen-bond acceptors (Lipinski definition) is 4. The molecule has 2 rings (SSSR count). The summed E-state index contributed by atoms with van der Waals surface area (Å²) in [6.45, 7) is 7.95. The van der Waals surface area contributed by atoms with Crippen molar-refractivity contribution >= 4 is 30.7 Å². The van der Waals surface area contributed by atoms with Crippen molar-refractivity contribution in [2.45, 2.75) is 39.1 Å². The van der Waals surface area contributed by atoms with Gasteiger partial charge in [0.25, 0.3) is 0 Å². The Balaban J connectivity index is 0.00000264.